The third-order valence-electron chi connectivity index (χ3n) is 2.93. The third-order valence-corrected chi connectivity index (χ3v) is 4.13. The fourth-order valence-corrected chi connectivity index (χ4v) is 2.66. The molecule has 0 spiro atoms. The standard InChI is InChI=1S/C13H23NO2S/c1-10-5-8-17-12(10)11(2)14-9-13(3,15)6-7-16-4/h5,8,11,14-15H,6-7,9H2,1-4H3. The molecular weight excluding hydrogens is 234 g/mol. The third kappa shape index (κ3) is 4.76. The van der Waals surface area contributed by atoms with Gasteiger partial charge in [0.1, 0.15) is 0 Å². The zero-order chi connectivity index (χ0) is 12.9. The first-order valence-corrected chi connectivity index (χ1v) is 6.83. The summed E-state index contributed by atoms with van der Waals surface area (Å²) in [6.07, 6.45) is 0.645. The number of aryl methyl sites for hydroxylation is 1. The van der Waals surface area contributed by atoms with Gasteiger partial charge in [-0.1, -0.05) is 0 Å². The van der Waals surface area contributed by atoms with E-state index in [-0.39, 0.29) is 6.04 Å². The zero-order valence-corrected chi connectivity index (χ0v) is 11.9. The van der Waals surface area contributed by atoms with Crippen molar-refractivity contribution in [2.75, 3.05) is 20.3 Å². The van der Waals surface area contributed by atoms with Gasteiger partial charge in [0.15, 0.2) is 0 Å². The zero-order valence-electron chi connectivity index (χ0n) is 11.1. The van der Waals surface area contributed by atoms with Crippen LogP contribution in [-0.2, 0) is 4.74 Å². The van der Waals surface area contributed by atoms with Crippen molar-refractivity contribution in [3.05, 3.63) is 21.9 Å². The molecular formula is C13H23NO2S. The van der Waals surface area contributed by atoms with Gasteiger partial charge in [-0.3, -0.25) is 0 Å². The molecule has 98 valence electrons. The minimum atomic E-state index is -0.713. The normalized spacial score (nSPS) is 16.8. The second-order valence-corrected chi connectivity index (χ2v) is 5.76. The molecule has 3 nitrogen and oxygen atoms in total. The molecule has 1 aromatic heterocycles. The van der Waals surface area contributed by atoms with E-state index in [1.165, 1.54) is 10.4 Å². The van der Waals surface area contributed by atoms with Crippen LogP contribution in [-0.4, -0.2) is 31.0 Å². The molecule has 0 aliphatic rings. The summed E-state index contributed by atoms with van der Waals surface area (Å²) in [7, 11) is 1.65. The number of hydrogen-bond donors (Lipinski definition) is 2. The molecule has 1 heterocycles. The fraction of sp³-hybridized carbons (Fsp3) is 0.692. The Bertz CT molecular complexity index is 336. The van der Waals surface area contributed by atoms with E-state index in [4.69, 9.17) is 4.74 Å². The molecule has 0 amide bonds. The summed E-state index contributed by atoms with van der Waals surface area (Å²) >= 11 is 1.76. The Morgan fingerprint density at radius 1 is 1.59 bits per heavy atom. The molecule has 0 saturated carbocycles. The summed E-state index contributed by atoms with van der Waals surface area (Å²) in [4.78, 5) is 1.34. The number of hydrogen-bond acceptors (Lipinski definition) is 4. The van der Waals surface area contributed by atoms with Crippen molar-refractivity contribution in [3.8, 4) is 0 Å². The molecule has 2 atom stereocenters. The Kier molecular flexibility index (Phi) is 5.59. The summed E-state index contributed by atoms with van der Waals surface area (Å²) < 4.78 is 4.99. The smallest absolute Gasteiger partial charge is 0.0765 e. The van der Waals surface area contributed by atoms with Gasteiger partial charge >= 0.3 is 0 Å². The van der Waals surface area contributed by atoms with Gasteiger partial charge in [0.05, 0.1) is 5.60 Å². The molecule has 0 bridgehead atoms. The van der Waals surface area contributed by atoms with Crippen LogP contribution in [0.15, 0.2) is 11.4 Å². The van der Waals surface area contributed by atoms with Crippen LogP contribution in [0.1, 0.15) is 36.8 Å². The van der Waals surface area contributed by atoms with Crippen LogP contribution in [0, 0.1) is 6.92 Å². The van der Waals surface area contributed by atoms with Gasteiger partial charge in [-0.2, -0.15) is 0 Å². The Labute approximate surface area is 108 Å². The van der Waals surface area contributed by atoms with Crippen LogP contribution >= 0.6 is 11.3 Å². The molecule has 1 rings (SSSR count). The summed E-state index contributed by atoms with van der Waals surface area (Å²) in [5, 5.41) is 15.6. The number of aliphatic hydroxyl groups is 1. The van der Waals surface area contributed by atoms with Crippen molar-refractivity contribution in [1.29, 1.82) is 0 Å². The number of nitrogens with one attached hydrogen (secondary N) is 1. The predicted molar refractivity (Wildman–Crippen MR) is 72.6 cm³/mol. The van der Waals surface area contributed by atoms with Crippen molar-refractivity contribution in [3.63, 3.8) is 0 Å². The van der Waals surface area contributed by atoms with Crippen molar-refractivity contribution in [1.82, 2.24) is 5.32 Å². The molecule has 2 N–H and O–H groups in total. The average molecular weight is 257 g/mol. The number of thiophene rings is 1. The molecule has 1 aromatic rings. The van der Waals surface area contributed by atoms with Gasteiger partial charge in [-0.15, -0.1) is 11.3 Å². The van der Waals surface area contributed by atoms with Crippen LogP contribution in [0.3, 0.4) is 0 Å². The highest BCUT2D eigenvalue weighted by Gasteiger charge is 2.21. The highest BCUT2D eigenvalue weighted by molar-refractivity contribution is 7.10. The minimum Gasteiger partial charge on any atom is -0.389 e. The van der Waals surface area contributed by atoms with Crippen molar-refractivity contribution < 1.29 is 9.84 Å². The maximum absolute atomic E-state index is 10.1. The second-order valence-electron chi connectivity index (χ2n) is 4.81. The number of ether oxygens (including phenoxy) is 1. The van der Waals surface area contributed by atoms with E-state index in [1.807, 2.05) is 6.92 Å². The molecule has 0 aromatic carbocycles. The molecule has 4 heteroatoms. The lowest BCUT2D eigenvalue weighted by Crippen LogP contribution is -2.39. The van der Waals surface area contributed by atoms with Gasteiger partial charge in [0.25, 0.3) is 0 Å². The summed E-state index contributed by atoms with van der Waals surface area (Å²) in [5.74, 6) is 0. The van der Waals surface area contributed by atoms with Crippen LogP contribution < -0.4 is 5.32 Å². The van der Waals surface area contributed by atoms with Crippen LogP contribution in [0.2, 0.25) is 0 Å². The molecule has 0 saturated heterocycles. The lowest BCUT2D eigenvalue weighted by atomic mass is 10.0. The first-order chi connectivity index (χ1) is 7.96. The second kappa shape index (κ2) is 6.50. The van der Waals surface area contributed by atoms with E-state index >= 15 is 0 Å². The number of rotatable bonds is 7. The van der Waals surface area contributed by atoms with Crippen LogP contribution in [0.5, 0.6) is 0 Å². The maximum atomic E-state index is 10.1. The summed E-state index contributed by atoms with van der Waals surface area (Å²) in [5.41, 5.74) is 0.599. The van der Waals surface area contributed by atoms with Gasteiger partial charge in [0.2, 0.25) is 0 Å². The van der Waals surface area contributed by atoms with E-state index in [0.29, 0.717) is 19.6 Å². The summed E-state index contributed by atoms with van der Waals surface area (Å²) in [6, 6.07) is 2.41. The van der Waals surface area contributed by atoms with Crippen LogP contribution in [0.25, 0.3) is 0 Å². The Morgan fingerprint density at radius 2 is 2.29 bits per heavy atom. The van der Waals surface area contributed by atoms with E-state index < -0.39 is 5.60 Å². The highest BCUT2D eigenvalue weighted by Crippen LogP contribution is 2.23. The lowest BCUT2D eigenvalue weighted by Gasteiger charge is -2.25. The topological polar surface area (TPSA) is 41.5 Å². The lowest BCUT2D eigenvalue weighted by molar-refractivity contribution is 0.0232. The predicted octanol–water partition coefficient (Wildman–Crippen LogP) is 2.49. The van der Waals surface area contributed by atoms with Gasteiger partial charge in [0, 0.05) is 37.6 Å². The van der Waals surface area contributed by atoms with E-state index in [0.717, 1.165) is 0 Å². The van der Waals surface area contributed by atoms with Crippen molar-refractivity contribution >= 4 is 11.3 Å². The Hall–Kier alpha value is -0.420. The largest absolute Gasteiger partial charge is 0.389 e. The number of methoxy groups -OCH3 is 1. The summed E-state index contributed by atoms with van der Waals surface area (Å²) in [6.45, 7) is 7.25. The fourth-order valence-electron chi connectivity index (χ4n) is 1.70. The molecule has 0 aliphatic carbocycles. The Morgan fingerprint density at radius 3 is 2.82 bits per heavy atom. The van der Waals surface area contributed by atoms with Gasteiger partial charge in [-0.05, 0) is 37.8 Å². The molecule has 0 radical (unpaired) electrons. The molecule has 0 fully saturated rings. The molecule has 0 aliphatic heterocycles. The molecule has 17 heavy (non-hydrogen) atoms. The van der Waals surface area contributed by atoms with E-state index in [1.54, 1.807) is 18.4 Å². The van der Waals surface area contributed by atoms with E-state index in [9.17, 15) is 5.11 Å². The first-order valence-electron chi connectivity index (χ1n) is 5.95. The monoisotopic (exact) mass is 257 g/mol. The Balaban J connectivity index is 2.42. The quantitative estimate of drug-likeness (QED) is 0.788. The van der Waals surface area contributed by atoms with Gasteiger partial charge < -0.3 is 15.2 Å². The van der Waals surface area contributed by atoms with E-state index in [2.05, 4.69) is 30.6 Å². The van der Waals surface area contributed by atoms with Gasteiger partial charge in [-0.25, -0.2) is 0 Å². The highest BCUT2D eigenvalue weighted by atomic mass is 32.1. The minimum absolute atomic E-state index is 0.281. The van der Waals surface area contributed by atoms with Crippen LogP contribution in [0.4, 0.5) is 0 Å². The SMILES string of the molecule is COCCC(C)(O)CNC(C)c1sccc1C. The van der Waals surface area contributed by atoms with Crippen molar-refractivity contribution in [2.24, 2.45) is 0 Å². The molecule has 2 unspecified atom stereocenters. The first kappa shape index (κ1) is 14.6. The average Bonchev–Trinajstić information content (AvgIpc) is 2.70. The van der Waals surface area contributed by atoms with Crippen molar-refractivity contribution in [2.45, 2.75) is 38.8 Å². The maximum Gasteiger partial charge on any atom is 0.0765 e.